The highest BCUT2D eigenvalue weighted by molar-refractivity contribution is 9.09. The summed E-state index contributed by atoms with van der Waals surface area (Å²) >= 11 is 3.14. The Morgan fingerprint density at radius 3 is 2.61 bits per heavy atom. The molecule has 0 spiro atoms. The van der Waals surface area contributed by atoms with E-state index in [-0.39, 0.29) is 22.6 Å². The fraction of sp³-hybridized carbons (Fsp3) is 0.250. The maximum absolute atomic E-state index is 13.8. The zero-order valence-corrected chi connectivity index (χ0v) is 11.5. The molecule has 0 saturated heterocycles. The van der Waals surface area contributed by atoms with Gasteiger partial charge < -0.3 is 14.2 Å². The quantitative estimate of drug-likeness (QED) is 0.362. The predicted molar refractivity (Wildman–Crippen MR) is 67.5 cm³/mol. The number of allylic oxidation sites excluding steroid dienone is 1. The van der Waals surface area contributed by atoms with Crippen LogP contribution in [0.15, 0.2) is 30.0 Å². The minimum absolute atomic E-state index is 0.0241. The van der Waals surface area contributed by atoms with Gasteiger partial charge in [0.15, 0.2) is 11.5 Å². The fourth-order valence-corrected chi connectivity index (χ4v) is 1.43. The third-order valence-electron chi connectivity index (χ3n) is 2.00. The minimum atomic E-state index is -0.628. The minimum Gasteiger partial charge on any atom is -0.494 e. The van der Waals surface area contributed by atoms with Crippen molar-refractivity contribution in [2.24, 2.45) is 0 Å². The molecule has 18 heavy (non-hydrogen) atoms. The van der Waals surface area contributed by atoms with Crippen molar-refractivity contribution in [3.63, 3.8) is 0 Å². The van der Waals surface area contributed by atoms with Crippen LogP contribution in [0.4, 0.5) is 4.39 Å². The van der Waals surface area contributed by atoms with E-state index in [1.807, 2.05) is 0 Å². The third-order valence-corrected chi connectivity index (χ3v) is 2.55. The first-order chi connectivity index (χ1) is 8.62. The van der Waals surface area contributed by atoms with Crippen LogP contribution in [0.2, 0.25) is 0 Å². The summed E-state index contributed by atoms with van der Waals surface area (Å²) in [6.07, 6.45) is 1.13. The summed E-state index contributed by atoms with van der Waals surface area (Å²) < 4.78 is 28.3. The van der Waals surface area contributed by atoms with Crippen LogP contribution >= 0.6 is 15.9 Å². The predicted octanol–water partition coefficient (Wildman–Crippen LogP) is 2.66. The van der Waals surface area contributed by atoms with Gasteiger partial charge in [-0.15, -0.1) is 0 Å². The van der Waals surface area contributed by atoms with Crippen LogP contribution in [0.25, 0.3) is 0 Å². The molecule has 1 rings (SSSR count). The summed E-state index contributed by atoms with van der Waals surface area (Å²) in [6.45, 7) is 0. The number of alkyl halides is 1. The number of ether oxygens (including phenoxy) is 3. The Labute approximate surface area is 112 Å². The summed E-state index contributed by atoms with van der Waals surface area (Å²) in [6, 6.07) is 4.49. The van der Waals surface area contributed by atoms with Crippen LogP contribution in [0.3, 0.4) is 0 Å². The standard InChI is InChI=1S/C12H12BrFO4/c1-16-9-4-3-5-10(12(9)14)18-8(7-13)6-11(15)17-2/h3-6H,7H2,1-2H3/b8-6+. The molecule has 0 amide bonds. The van der Waals surface area contributed by atoms with Crippen LogP contribution in [0.1, 0.15) is 0 Å². The molecule has 0 radical (unpaired) electrons. The van der Waals surface area contributed by atoms with Gasteiger partial charge in [0.25, 0.3) is 0 Å². The number of hydrogen-bond acceptors (Lipinski definition) is 4. The van der Waals surface area contributed by atoms with Crippen molar-refractivity contribution in [1.29, 1.82) is 0 Å². The normalized spacial score (nSPS) is 11.0. The lowest BCUT2D eigenvalue weighted by Gasteiger charge is -2.10. The molecule has 0 bridgehead atoms. The smallest absolute Gasteiger partial charge is 0.333 e. The monoisotopic (exact) mass is 318 g/mol. The van der Waals surface area contributed by atoms with Crippen molar-refractivity contribution in [3.8, 4) is 11.5 Å². The summed E-state index contributed by atoms with van der Waals surface area (Å²) in [5, 5.41) is 0.249. The van der Waals surface area contributed by atoms with Gasteiger partial charge in [-0.25, -0.2) is 4.79 Å². The first kappa shape index (κ1) is 14.5. The Hall–Kier alpha value is -1.56. The average Bonchev–Trinajstić information content (AvgIpc) is 2.39. The fourth-order valence-electron chi connectivity index (χ4n) is 1.15. The van der Waals surface area contributed by atoms with Gasteiger partial charge in [-0.1, -0.05) is 22.0 Å². The molecule has 6 heteroatoms. The molecule has 0 N–H and O–H groups in total. The van der Waals surface area contributed by atoms with Gasteiger partial charge in [0, 0.05) is 0 Å². The Morgan fingerprint density at radius 2 is 2.06 bits per heavy atom. The molecule has 0 heterocycles. The average molecular weight is 319 g/mol. The molecule has 0 fully saturated rings. The molecule has 0 atom stereocenters. The highest BCUT2D eigenvalue weighted by atomic mass is 79.9. The first-order valence-electron chi connectivity index (χ1n) is 4.97. The second kappa shape index (κ2) is 7.00. The maximum Gasteiger partial charge on any atom is 0.333 e. The molecule has 1 aromatic carbocycles. The number of rotatable bonds is 5. The molecule has 98 valence electrons. The van der Waals surface area contributed by atoms with E-state index in [1.165, 1.54) is 26.4 Å². The number of halogens is 2. The van der Waals surface area contributed by atoms with E-state index in [2.05, 4.69) is 20.7 Å². The highest BCUT2D eigenvalue weighted by Crippen LogP contribution is 2.27. The van der Waals surface area contributed by atoms with Crippen LogP contribution in [-0.4, -0.2) is 25.5 Å². The van der Waals surface area contributed by atoms with E-state index < -0.39 is 11.8 Å². The molecule has 0 aliphatic heterocycles. The number of carbonyl (C=O) groups is 1. The number of methoxy groups -OCH3 is 2. The molecule has 0 aliphatic rings. The second-order valence-corrected chi connectivity index (χ2v) is 3.70. The summed E-state index contributed by atoms with van der Waals surface area (Å²) in [5.41, 5.74) is 0. The largest absolute Gasteiger partial charge is 0.494 e. The zero-order valence-electron chi connectivity index (χ0n) is 9.91. The van der Waals surface area contributed by atoms with Gasteiger partial charge >= 0.3 is 5.97 Å². The lowest BCUT2D eigenvalue weighted by atomic mass is 10.3. The lowest BCUT2D eigenvalue weighted by molar-refractivity contribution is -0.135. The van der Waals surface area contributed by atoms with Crippen LogP contribution in [-0.2, 0) is 9.53 Å². The van der Waals surface area contributed by atoms with Crippen molar-refractivity contribution in [2.45, 2.75) is 0 Å². The Morgan fingerprint density at radius 1 is 1.39 bits per heavy atom. The van der Waals surface area contributed by atoms with Crippen molar-refractivity contribution in [1.82, 2.24) is 0 Å². The van der Waals surface area contributed by atoms with Crippen LogP contribution in [0.5, 0.6) is 11.5 Å². The topological polar surface area (TPSA) is 44.8 Å². The molecule has 0 aromatic heterocycles. The summed E-state index contributed by atoms with van der Waals surface area (Å²) in [7, 11) is 2.61. The first-order valence-corrected chi connectivity index (χ1v) is 6.09. The summed E-state index contributed by atoms with van der Waals surface area (Å²) in [4.78, 5) is 11.1. The number of benzene rings is 1. The Kier molecular flexibility index (Phi) is 5.64. The van der Waals surface area contributed by atoms with E-state index in [4.69, 9.17) is 9.47 Å². The van der Waals surface area contributed by atoms with Gasteiger partial charge in [0.1, 0.15) is 5.76 Å². The number of carbonyl (C=O) groups excluding carboxylic acids is 1. The van der Waals surface area contributed by atoms with Gasteiger partial charge in [-0.3, -0.25) is 0 Å². The molecular weight excluding hydrogens is 307 g/mol. The van der Waals surface area contributed by atoms with E-state index in [0.29, 0.717) is 0 Å². The Balaban J connectivity index is 2.95. The highest BCUT2D eigenvalue weighted by Gasteiger charge is 2.12. The third kappa shape index (κ3) is 3.73. The second-order valence-electron chi connectivity index (χ2n) is 3.14. The van der Waals surface area contributed by atoms with Gasteiger partial charge in [0.2, 0.25) is 5.82 Å². The summed E-state index contributed by atoms with van der Waals surface area (Å²) in [5.74, 6) is -0.929. The number of hydrogen-bond donors (Lipinski definition) is 0. The molecule has 4 nitrogen and oxygen atoms in total. The van der Waals surface area contributed by atoms with Crippen molar-refractivity contribution in [2.75, 3.05) is 19.5 Å². The Bertz CT molecular complexity index is 459. The zero-order chi connectivity index (χ0) is 13.5. The van der Waals surface area contributed by atoms with Gasteiger partial charge in [-0.05, 0) is 12.1 Å². The van der Waals surface area contributed by atoms with Crippen molar-refractivity contribution < 1.29 is 23.4 Å². The van der Waals surface area contributed by atoms with Gasteiger partial charge in [0.05, 0.1) is 25.6 Å². The van der Waals surface area contributed by atoms with E-state index in [1.54, 1.807) is 6.07 Å². The lowest BCUT2D eigenvalue weighted by Crippen LogP contribution is -2.04. The van der Waals surface area contributed by atoms with E-state index in [9.17, 15) is 9.18 Å². The van der Waals surface area contributed by atoms with E-state index in [0.717, 1.165) is 6.08 Å². The van der Waals surface area contributed by atoms with Crippen LogP contribution < -0.4 is 9.47 Å². The van der Waals surface area contributed by atoms with Crippen LogP contribution in [0, 0.1) is 5.82 Å². The SMILES string of the molecule is COC(=O)/C=C(\CBr)Oc1cccc(OC)c1F. The maximum atomic E-state index is 13.8. The molecule has 0 aliphatic carbocycles. The molecular formula is C12H12BrFO4. The van der Waals surface area contributed by atoms with Crippen molar-refractivity contribution >= 4 is 21.9 Å². The van der Waals surface area contributed by atoms with E-state index >= 15 is 0 Å². The number of esters is 1. The van der Waals surface area contributed by atoms with Crippen molar-refractivity contribution in [3.05, 3.63) is 35.9 Å². The molecule has 0 unspecified atom stereocenters. The molecule has 0 saturated carbocycles. The van der Waals surface area contributed by atoms with Gasteiger partial charge in [-0.2, -0.15) is 4.39 Å². The molecule has 1 aromatic rings.